The van der Waals surface area contributed by atoms with Crippen LogP contribution in [0.25, 0.3) is 0 Å². The van der Waals surface area contributed by atoms with Crippen LogP contribution in [0.15, 0.2) is 52.1 Å². The number of carbonyl (C=O) groups is 2. The smallest absolute Gasteiger partial charge is 0.319 e. The van der Waals surface area contributed by atoms with Crippen LogP contribution in [-0.4, -0.2) is 31.3 Å². The highest BCUT2D eigenvalue weighted by Gasteiger charge is 2.34. The lowest BCUT2D eigenvalue weighted by molar-refractivity contribution is -0.113. The Balaban J connectivity index is 2.05. The van der Waals surface area contributed by atoms with Crippen LogP contribution in [0.4, 0.5) is 10.5 Å². The zero-order valence-electron chi connectivity index (χ0n) is 16.0. The number of amides is 3. The fraction of sp³-hybridized carbons (Fsp3) is 0.200. The first-order valence-electron chi connectivity index (χ1n) is 8.64. The molecule has 1 aliphatic heterocycles. The van der Waals surface area contributed by atoms with E-state index in [9.17, 15) is 14.7 Å². The SMILES string of the molecule is COc1ccccc1NC(=O)C1=C(C)NC(=O)NC1c1cc(Br)cc(OC)c1O. The lowest BCUT2D eigenvalue weighted by atomic mass is 9.93. The van der Waals surface area contributed by atoms with Crippen LogP contribution in [0.3, 0.4) is 0 Å². The van der Waals surface area contributed by atoms with Crippen LogP contribution in [-0.2, 0) is 4.79 Å². The summed E-state index contributed by atoms with van der Waals surface area (Å²) in [6.45, 7) is 1.62. The summed E-state index contributed by atoms with van der Waals surface area (Å²) in [5, 5.41) is 18.7. The van der Waals surface area contributed by atoms with Crippen molar-refractivity contribution in [2.45, 2.75) is 13.0 Å². The van der Waals surface area contributed by atoms with E-state index in [-0.39, 0.29) is 17.1 Å². The Kier molecular flexibility index (Phi) is 5.97. The number of halogens is 1. The fourth-order valence-corrected chi connectivity index (χ4v) is 3.59. The van der Waals surface area contributed by atoms with Gasteiger partial charge in [0.2, 0.25) is 0 Å². The van der Waals surface area contributed by atoms with Crippen LogP contribution in [0.1, 0.15) is 18.5 Å². The van der Waals surface area contributed by atoms with E-state index in [1.807, 2.05) is 0 Å². The number of ether oxygens (including phenoxy) is 2. The standard InChI is InChI=1S/C20H20BrN3O5/c1-10-16(19(26)23-13-6-4-5-7-14(13)28-2)17(24-20(27)22-10)12-8-11(21)9-15(29-3)18(12)25/h4-9,17,25H,1-3H3,(H,23,26)(H2,22,24,27). The number of allylic oxidation sites excluding steroid dienone is 1. The number of phenols is 1. The van der Waals surface area contributed by atoms with Gasteiger partial charge < -0.3 is 30.5 Å². The summed E-state index contributed by atoms with van der Waals surface area (Å²) in [4.78, 5) is 25.2. The second-order valence-electron chi connectivity index (χ2n) is 6.27. The molecule has 1 heterocycles. The molecule has 9 heteroatoms. The lowest BCUT2D eigenvalue weighted by Crippen LogP contribution is -2.46. The Labute approximate surface area is 176 Å². The van der Waals surface area contributed by atoms with Gasteiger partial charge in [-0.05, 0) is 31.2 Å². The van der Waals surface area contributed by atoms with Crippen LogP contribution in [0.2, 0.25) is 0 Å². The molecule has 1 atom stereocenters. The monoisotopic (exact) mass is 461 g/mol. The molecule has 4 N–H and O–H groups in total. The summed E-state index contributed by atoms with van der Waals surface area (Å²) in [6.07, 6.45) is 0. The van der Waals surface area contributed by atoms with Crippen molar-refractivity contribution in [3.05, 3.63) is 57.7 Å². The predicted octanol–water partition coefficient (Wildman–Crippen LogP) is 3.44. The van der Waals surface area contributed by atoms with Gasteiger partial charge in [0.1, 0.15) is 5.75 Å². The maximum absolute atomic E-state index is 13.1. The first-order valence-corrected chi connectivity index (χ1v) is 9.44. The molecule has 1 aliphatic rings. The maximum Gasteiger partial charge on any atom is 0.319 e. The average molecular weight is 462 g/mol. The van der Waals surface area contributed by atoms with E-state index in [1.54, 1.807) is 43.3 Å². The van der Waals surface area contributed by atoms with E-state index in [2.05, 4.69) is 31.9 Å². The number of anilines is 1. The summed E-state index contributed by atoms with van der Waals surface area (Å²) >= 11 is 3.36. The predicted molar refractivity (Wildman–Crippen MR) is 111 cm³/mol. The molecule has 0 fully saturated rings. The van der Waals surface area contributed by atoms with Gasteiger partial charge in [-0.25, -0.2) is 4.79 Å². The van der Waals surface area contributed by atoms with Gasteiger partial charge in [0.15, 0.2) is 11.5 Å². The molecule has 0 aliphatic carbocycles. The number of phenolic OH excluding ortho intramolecular Hbond substituents is 1. The van der Waals surface area contributed by atoms with Gasteiger partial charge in [0.05, 0.1) is 31.5 Å². The molecule has 152 valence electrons. The van der Waals surface area contributed by atoms with Gasteiger partial charge in [0, 0.05) is 15.7 Å². The van der Waals surface area contributed by atoms with Crippen LogP contribution >= 0.6 is 15.9 Å². The number of carbonyl (C=O) groups excluding carboxylic acids is 2. The zero-order valence-corrected chi connectivity index (χ0v) is 17.6. The Bertz CT molecular complexity index is 1010. The molecule has 0 radical (unpaired) electrons. The van der Waals surface area contributed by atoms with Gasteiger partial charge in [-0.2, -0.15) is 0 Å². The normalized spacial score (nSPS) is 16.0. The molecule has 0 saturated carbocycles. The van der Waals surface area contributed by atoms with Gasteiger partial charge >= 0.3 is 6.03 Å². The van der Waals surface area contributed by atoms with Crippen LogP contribution in [0.5, 0.6) is 17.2 Å². The second kappa shape index (κ2) is 8.44. The van der Waals surface area contributed by atoms with E-state index in [4.69, 9.17) is 9.47 Å². The number of hydrogen-bond acceptors (Lipinski definition) is 5. The highest BCUT2D eigenvalue weighted by Crippen LogP contribution is 2.40. The van der Waals surface area contributed by atoms with Crippen molar-refractivity contribution in [3.63, 3.8) is 0 Å². The number of methoxy groups -OCH3 is 2. The van der Waals surface area contributed by atoms with Gasteiger partial charge in [-0.1, -0.05) is 28.1 Å². The van der Waals surface area contributed by atoms with Crippen molar-refractivity contribution < 1.29 is 24.2 Å². The van der Waals surface area contributed by atoms with Gasteiger partial charge in [0.25, 0.3) is 5.91 Å². The minimum Gasteiger partial charge on any atom is -0.504 e. The third-order valence-corrected chi connectivity index (χ3v) is 4.93. The number of rotatable bonds is 5. The van der Waals surface area contributed by atoms with Crippen molar-refractivity contribution in [1.82, 2.24) is 10.6 Å². The number of hydrogen-bond donors (Lipinski definition) is 4. The molecule has 0 spiro atoms. The molecule has 29 heavy (non-hydrogen) atoms. The molecule has 2 aromatic rings. The van der Waals surface area contributed by atoms with Crippen molar-refractivity contribution >= 4 is 33.6 Å². The molecule has 2 aromatic carbocycles. The molecular formula is C20H20BrN3O5. The number of aromatic hydroxyl groups is 1. The molecule has 0 bridgehead atoms. The quantitative estimate of drug-likeness (QED) is 0.545. The third-order valence-electron chi connectivity index (χ3n) is 4.47. The summed E-state index contributed by atoms with van der Waals surface area (Å²) < 4.78 is 11.1. The molecule has 8 nitrogen and oxygen atoms in total. The lowest BCUT2D eigenvalue weighted by Gasteiger charge is -2.29. The molecule has 3 amide bonds. The first kappa shape index (κ1) is 20.5. The number of benzene rings is 2. The third kappa shape index (κ3) is 4.14. The Hall–Kier alpha value is -3.20. The van der Waals surface area contributed by atoms with Gasteiger partial charge in [-0.3, -0.25) is 4.79 Å². The number of para-hydroxylation sites is 2. The molecule has 3 rings (SSSR count). The minimum absolute atomic E-state index is 0.168. The maximum atomic E-state index is 13.1. The van der Waals surface area contributed by atoms with E-state index in [0.717, 1.165) is 0 Å². The summed E-state index contributed by atoms with van der Waals surface area (Å²) in [6, 6.07) is 8.81. The van der Waals surface area contributed by atoms with Crippen LogP contribution in [0, 0.1) is 0 Å². The van der Waals surface area contributed by atoms with Crippen molar-refractivity contribution in [1.29, 1.82) is 0 Å². The van der Waals surface area contributed by atoms with E-state index in [1.165, 1.54) is 14.2 Å². The topological polar surface area (TPSA) is 109 Å². The Morgan fingerprint density at radius 1 is 1.17 bits per heavy atom. The Morgan fingerprint density at radius 2 is 1.86 bits per heavy atom. The molecule has 0 saturated heterocycles. The highest BCUT2D eigenvalue weighted by molar-refractivity contribution is 9.10. The van der Waals surface area contributed by atoms with E-state index < -0.39 is 18.0 Å². The molecular weight excluding hydrogens is 442 g/mol. The minimum atomic E-state index is -0.898. The summed E-state index contributed by atoms with van der Waals surface area (Å²) in [7, 11) is 2.93. The first-order chi connectivity index (χ1) is 13.8. The highest BCUT2D eigenvalue weighted by atomic mass is 79.9. The van der Waals surface area contributed by atoms with Crippen molar-refractivity contribution in [3.8, 4) is 17.2 Å². The van der Waals surface area contributed by atoms with E-state index in [0.29, 0.717) is 27.2 Å². The summed E-state index contributed by atoms with van der Waals surface area (Å²) in [5.41, 5.74) is 1.40. The fourth-order valence-electron chi connectivity index (χ4n) is 3.14. The average Bonchev–Trinajstić information content (AvgIpc) is 2.69. The number of urea groups is 1. The van der Waals surface area contributed by atoms with Crippen molar-refractivity contribution in [2.24, 2.45) is 0 Å². The Morgan fingerprint density at radius 3 is 2.55 bits per heavy atom. The van der Waals surface area contributed by atoms with Crippen molar-refractivity contribution in [2.75, 3.05) is 19.5 Å². The molecule has 0 aromatic heterocycles. The zero-order chi connectivity index (χ0) is 21.1. The summed E-state index contributed by atoms with van der Waals surface area (Å²) in [5.74, 6) is 0.0841. The van der Waals surface area contributed by atoms with Gasteiger partial charge in [-0.15, -0.1) is 0 Å². The second-order valence-corrected chi connectivity index (χ2v) is 7.19. The van der Waals surface area contributed by atoms with Crippen LogP contribution < -0.4 is 25.4 Å². The molecule has 1 unspecified atom stereocenters. The number of nitrogens with one attached hydrogen (secondary N) is 3. The van der Waals surface area contributed by atoms with E-state index >= 15 is 0 Å². The largest absolute Gasteiger partial charge is 0.504 e.